The van der Waals surface area contributed by atoms with Gasteiger partial charge >= 0.3 is 0 Å². The summed E-state index contributed by atoms with van der Waals surface area (Å²) in [6.45, 7) is 3.82. The van der Waals surface area contributed by atoms with E-state index in [1.807, 2.05) is 0 Å². The summed E-state index contributed by atoms with van der Waals surface area (Å²) in [6.07, 6.45) is 0.501. The number of carbonyl (C=O) groups excluding carboxylic acids is 1. The summed E-state index contributed by atoms with van der Waals surface area (Å²) in [5.41, 5.74) is 6.99. The van der Waals surface area contributed by atoms with Gasteiger partial charge in [-0.25, -0.2) is 8.42 Å². The molecule has 3 N–H and O–H groups in total. The molecule has 0 saturated carbocycles. The van der Waals surface area contributed by atoms with Crippen molar-refractivity contribution in [3.05, 3.63) is 29.8 Å². The van der Waals surface area contributed by atoms with E-state index in [9.17, 15) is 13.2 Å². The molecule has 1 rings (SSSR count). The second-order valence-corrected chi connectivity index (χ2v) is 6.89. The van der Waals surface area contributed by atoms with Crippen LogP contribution >= 0.6 is 0 Å². The van der Waals surface area contributed by atoms with E-state index >= 15 is 0 Å². The highest BCUT2D eigenvalue weighted by Crippen LogP contribution is 2.11. The van der Waals surface area contributed by atoms with Gasteiger partial charge in [0.1, 0.15) is 5.75 Å². The standard InChI is InChI=1S/C13H20N2O3S/c1-3-10(2)19(17,18)9-13(16)15-12-6-4-11(8-14)5-7-12/h4-7,10H,3,8-9,14H2,1-2H3,(H,15,16). The number of amides is 1. The van der Waals surface area contributed by atoms with Crippen LogP contribution in [0, 0.1) is 0 Å². The van der Waals surface area contributed by atoms with Gasteiger partial charge in [-0.3, -0.25) is 4.79 Å². The highest BCUT2D eigenvalue weighted by atomic mass is 32.2. The fourth-order valence-electron chi connectivity index (χ4n) is 1.50. The first-order valence-electron chi connectivity index (χ1n) is 6.19. The molecule has 0 aliphatic carbocycles. The van der Waals surface area contributed by atoms with Gasteiger partial charge < -0.3 is 11.1 Å². The Morgan fingerprint density at radius 2 is 1.89 bits per heavy atom. The van der Waals surface area contributed by atoms with Crippen molar-refractivity contribution >= 4 is 21.4 Å². The van der Waals surface area contributed by atoms with Crippen molar-refractivity contribution in [1.29, 1.82) is 0 Å². The van der Waals surface area contributed by atoms with Crippen LogP contribution in [0.1, 0.15) is 25.8 Å². The van der Waals surface area contributed by atoms with E-state index in [2.05, 4.69) is 5.32 Å². The minimum absolute atomic E-state index is 0.427. The smallest absolute Gasteiger partial charge is 0.239 e. The Morgan fingerprint density at radius 1 is 1.32 bits per heavy atom. The van der Waals surface area contributed by atoms with Crippen molar-refractivity contribution in [2.45, 2.75) is 32.1 Å². The van der Waals surface area contributed by atoms with Crippen LogP contribution < -0.4 is 11.1 Å². The second kappa shape index (κ2) is 6.68. The summed E-state index contributed by atoms with van der Waals surface area (Å²) < 4.78 is 23.6. The molecule has 0 radical (unpaired) electrons. The lowest BCUT2D eigenvalue weighted by Crippen LogP contribution is -2.29. The van der Waals surface area contributed by atoms with Crippen LogP contribution in [0.4, 0.5) is 5.69 Å². The summed E-state index contributed by atoms with van der Waals surface area (Å²) in [6, 6.07) is 6.99. The average molecular weight is 284 g/mol. The lowest BCUT2D eigenvalue weighted by Gasteiger charge is -2.11. The number of anilines is 1. The van der Waals surface area contributed by atoms with E-state index in [0.717, 1.165) is 5.56 Å². The average Bonchev–Trinajstić information content (AvgIpc) is 2.37. The SMILES string of the molecule is CCC(C)S(=O)(=O)CC(=O)Nc1ccc(CN)cc1. The molecule has 5 nitrogen and oxygen atoms in total. The molecule has 1 aromatic rings. The van der Waals surface area contributed by atoms with Crippen LogP contribution in [0.25, 0.3) is 0 Å². The Balaban J connectivity index is 2.65. The van der Waals surface area contributed by atoms with Gasteiger partial charge in [0.05, 0.1) is 5.25 Å². The molecular formula is C13H20N2O3S. The zero-order chi connectivity index (χ0) is 14.5. The first-order valence-corrected chi connectivity index (χ1v) is 7.91. The molecule has 106 valence electrons. The Labute approximate surface area is 114 Å². The Kier molecular flexibility index (Phi) is 5.50. The number of nitrogens with one attached hydrogen (secondary N) is 1. The zero-order valence-corrected chi connectivity index (χ0v) is 12.0. The summed E-state index contributed by atoms with van der Waals surface area (Å²) in [4.78, 5) is 11.7. The van der Waals surface area contributed by atoms with E-state index in [0.29, 0.717) is 18.7 Å². The molecule has 0 aliphatic rings. The maximum atomic E-state index is 11.8. The number of benzene rings is 1. The van der Waals surface area contributed by atoms with Gasteiger partial charge in [0, 0.05) is 12.2 Å². The van der Waals surface area contributed by atoms with Crippen LogP contribution in [0.3, 0.4) is 0 Å². The molecule has 0 fully saturated rings. The summed E-state index contributed by atoms with van der Waals surface area (Å²) in [5.74, 6) is -0.999. The molecule has 1 unspecified atom stereocenters. The van der Waals surface area contributed by atoms with Gasteiger partial charge in [-0.2, -0.15) is 0 Å². The van der Waals surface area contributed by atoms with Crippen LogP contribution in [0.15, 0.2) is 24.3 Å². The molecule has 0 heterocycles. The van der Waals surface area contributed by atoms with Crippen LogP contribution in [0.2, 0.25) is 0 Å². The lowest BCUT2D eigenvalue weighted by atomic mass is 10.2. The molecule has 0 spiro atoms. The molecule has 1 amide bonds. The van der Waals surface area contributed by atoms with Crippen LogP contribution in [-0.2, 0) is 21.2 Å². The van der Waals surface area contributed by atoms with Crippen LogP contribution in [0.5, 0.6) is 0 Å². The number of nitrogens with two attached hydrogens (primary N) is 1. The maximum Gasteiger partial charge on any atom is 0.239 e. The molecular weight excluding hydrogens is 264 g/mol. The molecule has 0 saturated heterocycles. The first-order chi connectivity index (χ1) is 8.89. The number of sulfone groups is 1. The van der Waals surface area contributed by atoms with E-state index in [4.69, 9.17) is 5.73 Å². The van der Waals surface area contributed by atoms with Gasteiger partial charge in [-0.15, -0.1) is 0 Å². The second-order valence-electron chi connectivity index (χ2n) is 4.48. The highest BCUT2D eigenvalue weighted by Gasteiger charge is 2.22. The molecule has 0 bridgehead atoms. The fraction of sp³-hybridized carbons (Fsp3) is 0.462. The van der Waals surface area contributed by atoms with Crippen molar-refractivity contribution < 1.29 is 13.2 Å². The minimum atomic E-state index is -3.37. The Bertz CT molecular complexity index is 523. The number of hydrogen-bond acceptors (Lipinski definition) is 4. The summed E-state index contributed by atoms with van der Waals surface area (Å²) in [7, 11) is -3.37. The first kappa shape index (κ1) is 15.7. The predicted octanol–water partition coefficient (Wildman–Crippen LogP) is 1.30. The summed E-state index contributed by atoms with van der Waals surface area (Å²) in [5, 5.41) is 2.07. The molecule has 1 aromatic carbocycles. The number of carbonyl (C=O) groups is 1. The molecule has 0 aromatic heterocycles. The highest BCUT2D eigenvalue weighted by molar-refractivity contribution is 7.92. The van der Waals surface area contributed by atoms with Gasteiger partial charge in [0.25, 0.3) is 0 Å². The minimum Gasteiger partial charge on any atom is -0.326 e. The van der Waals surface area contributed by atoms with E-state index < -0.39 is 26.7 Å². The lowest BCUT2D eigenvalue weighted by molar-refractivity contribution is -0.113. The molecule has 0 aliphatic heterocycles. The zero-order valence-electron chi connectivity index (χ0n) is 11.2. The summed E-state index contributed by atoms with van der Waals surface area (Å²) >= 11 is 0. The van der Waals surface area contributed by atoms with Crippen molar-refractivity contribution in [2.75, 3.05) is 11.1 Å². The van der Waals surface area contributed by atoms with Gasteiger partial charge in [0.2, 0.25) is 5.91 Å². The van der Waals surface area contributed by atoms with E-state index in [1.165, 1.54) is 0 Å². The van der Waals surface area contributed by atoms with Gasteiger partial charge in [-0.1, -0.05) is 19.1 Å². The monoisotopic (exact) mass is 284 g/mol. The topological polar surface area (TPSA) is 89.3 Å². The van der Waals surface area contributed by atoms with Crippen molar-refractivity contribution in [1.82, 2.24) is 0 Å². The molecule has 1 atom stereocenters. The van der Waals surface area contributed by atoms with Crippen molar-refractivity contribution in [3.8, 4) is 0 Å². The number of rotatable bonds is 6. The van der Waals surface area contributed by atoms with Crippen molar-refractivity contribution in [2.24, 2.45) is 5.73 Å². The maximum absolute atomic E-state index is 11.8. The van der Waals surface area contributed by atoms with Crippen molar-refractivity contribution in [3.63, 3.8) is 0 Å². The third kappa shape index (κ3) is 4.65. The predicted molar refractivity (Wildman–Crippen MR) is 76.5 cm³/mol. The number of hydrogen-bond donors (Lipinski definition) is 2. The van der Waals surface area contributed by atoms with Gasteiger partial charge in [0.15, 0.2) is 9.84 Å². The third-order valence-corrected chi connectivity index (χ3v) is 5.22. The third-order valence-electron chi connectivity index (χ3n) is 2.99. The van der Waals surface area contributed by atoms with E-state index in [-0.39, 0.29) is 0 Å². The quantitative estimate of drug-likeness (QED) is 0.824. The molecule has 6 heteroatoms. The molecule has 19 heavy (non-hydrogen) atoms. The van der Waals surface area contributed by atoms with Crippen LogP contribution in [-0.4, -0.2) is 25.3 Å². The van der Waals surface area contributed by atoms with Gasteiger partial charge in [-0.05, 0) is 31.0 Å². The normalized spacial score (nSPS) is 13.0. The largest absolute Gasteiger partial charge is 0.326 e. The fourth-order valence-corrected chi connectivity index (χ4v) is 2.73. The Morgan fingerprint density at radius 3 is 2.37 bits per heavy atom. The Hall–Kier alpha value is -1.40. The van der Waals surface area contributed by atoms with E-state index in [1.54, 1.807) is 38.1 Å².